The highest BCUT2D eigenvalue weighted by atomic mass is 35.5. The fourth-order valence-corrected chi connectivity index (χ4v) is 3.11. The standard InChI is InChI=1S/C17H12Cl2N2OS/c18-14-4-2-1-3-10(14)6-17(22)21-12-5-11-9-20-16(19)8-13(11)15(23)7-12/h1-5,8-9H,6-7H2,(H,21,22). The minimum absolute atomic E-state index is 0.127. The van der Waals surface area contributed by atoms with Gasteiger partial charge in [0.05, 0.1) is 6.42 Å². The molecule has 0 spiro atoms. The van der Waals surface area contributed by atoms with E-state index in [4.69, 9.17) is 35.4 Å². The Bertz CT molecular complexity index is 833. The summed E-state index contributed by atoms with van der Waals surface area (Å²) in [5, 5.41) is 3.89. The molecule has 23 heavy (non-hydrogen) atoms. The van der Waals surface area contributed by atoms with Gasteiger partial charge in [0.15, 0.2) is 0 Å². The van der Waals surface area contributed by atoms with Crippen LogP contribution in [0.1, 0.15) is 23.1 Å². The zero-order valence-electron chi connectivity index (χ0n) is 12.0. The molecule has 0 saturated heterocycles. The maximum Gasteiger partial charge on any atom is 0.228 e. The Morgan fingerprint density at radius 3 is 2.87 bits per heavy atom. The number of amides is 1. The molecule has 0 saturated carbocycles. The molecule has 1 aliphatic carbocycles. The summed E-state index contributed by atoms with van der Waals surface area (Å²) in [6, 6.07) is 9.04. The molecule has 2 aromatic rings. The van der Waals surface area contributed by atoms with E-state index in [1.165, 1.54) is 0 Å². The number of benzene rings is 1. The lowest BCUT2D eigenvalue weighted by molar-refractivity contribution is -0.119. The van der Waals surface area contributed by atoms with E-state index in [0.717, 1.165) is 27.3 Å². The van der Waals surface area contributed by atoms with Crippen molar-refractivity contribution >= 4 is 52.3 Å². The molecule has 0 unspecified atom stereocenters. The fourth-order valence-electron chi connectivity index (χ4n) is 2.42. The van der Waals surface area contributed by atoms with Gasteiger partial charge in [-0.2, -0.15) is 0 Å². The molecule has 1 amide bonds. The van der Waals surface area contributed by atoms with Crippen LogP contribution in [0.5, 0.6) is 0 Å². The van der Waals surface area contributed by atoms with Crippen LogP contribution in [0.3, 0.4) is 0 Å². The van der Waals surface area contributed by atoms with Crippen LogP contribution in [0.2, 0.25) is 10.2 Å². The molecule has 1 heterocycles. The molecule has 116 valence electrons. The van der Waals surface area contributed by atoms with Crippen LogP contribution in [-0.4, -0.2) is 15.8 Å². The third-order valence-electron chi connectivity index (χ3n) is 3.49. The molecule has 1 N–H and O–H groups in total. The van der Waals surface area contributed by atoms with E-state index in [1.54, 1.807) is 18.3 Å². The van der Waals surface area contributed by atoms with Crippen molar-refractivity contribution in [2.24, 2.45) is 0 Å². The lowest BCUT2D eigenvalue weighted by atomic mass is 9.97. The first-order valence-corrected chi connectivity index (χ1v) is 8.12. The molecule has 0 radical (unpaired) electrons. The van der Waals surface area contributed by atoms with Gasteiger partial charge in [-0.05, 0) is 23.8 Å². The Morgan fingerprint density at radius 1 is 1.30 bits per heavy atom. The van der Waals surface area contributed by atoms with Gasteiger partial charge in [-0.15, -0.1) is 0 Å². The molecule has 6 heteroatoms. The van der Waals surface area contributed by atoms with Crippen molar-refractivity contribution in [2.75, 3.05) is 0 Å². The van der Waals surface area contributed by atoms with Gasteiger partial charge >= 0.3 is 0 Å². The summed E-state index contributed by atoms with van der Waals surface area (Å²) in [4.78, 5) is 17.0. The minimum atomic E-state index is -0.127. The van der Waals surface area contributed by atoms with Gasteiger partial charge in [0, 0.05) is 39.3 Å². The van der Waals surface area contributed by atoms with E-state index in [-0.39, 0.29) is 12.3 Å². The quantitative estimate of drug-likeness (QED) is 0.656. The van der Waals surface area contributed by atoms with E-state index >= 15 is 0 Å². The average molecular weight is 363 g/mol. The van der Waals surface area contributed by atoms with Crippen molar-refractivity contribution in [3.63, 3.8) is 0 Å². The first-order chi connectivity index (χ1) is 11.0. The summed E-state index contributed by atoms with van der Waals surface area (Å²) in [7, 11) is 0. The van der Waals surface area contributed by atoms with E-state index in [0.29, 0.717) is 16.6 Å². The predicted molar refractivity (Wildman–Crippen MR) is 96.8 cm³/mol. The van der Waals surface area contributed by atoms with Gasteiger partial charge in [0.25, 0.3) is 0 Å². The number of allylic oxidation sites excluding steroid dienone is 1. The van der Waals surface area contributed by atoms with Crippen molar-refractivity contribution in [1.82, 2.24) is 10.3 Å². The molecular formula is C17H12Cl2N2OS. The van der Waals surface area contributed by atoms with Gasteiger partial charge < -0.3 is 5.32 Å². The number of pyridine rings is 1. The van der Waals surface area contributed by atoms with Crippen LogP contribution >= 0.6 is 35.4 Å². The van der Waals surface area contributed by atoms with Gasteiger partial charge in [0.2, 0.25) is 5.91 Å². The molecular weight excluding hydrogens is 351 g/mol. The number of carbonyl (C=O) groups is 1. The summed E-state index contributed by atoms with van der Waals surface area (Å²) >= 11 is 17.4. The second-order valence-electron chi connectivity index (χ2n) is 5.18. The van der Waals surface area contributed by atoms with Crippen molar-refractivity contribution in [1.29, 1.82) is 0 Å². The van der Waals surface area contributed by atoms with Crippen LogP contribution in [0.15, 0.2) is 42.2 Å². The van der Waals surface area contributed by atoms with Gasteiger partial charge in [-0.1, -0.05) is 53.6 Å². The summed E-state index contributed by atoms with van der Waals surface area (Å²) in [5.41, 5.74) is 3.30. The van der Waals surface area contributed by atoms with Gasteiger partial charge in [-0.25, -0.2) is 4.98 Å². The number of hydrogen-bond acceptors (Lipinski definition) is 3. The zero-order chi connectivity index (χ0) is 16.4. The Kier molecular flexibility index (Phi) is 4.76. The molecule has 0 aliphatic heterocycles. The Labute approximate surface area is 149 Å². The number of aromatic nitrogens is 1. The second kappa shape index (κ2) is 6.79. The lowest BCUT2D eigenvalue weighted by Crippen LogP contribution is -2.27. The number of nitrogens with one attached hydrogen (secondary N) is 1. The van der Waals surface area contributed by atoms with Crippen molar-refractivity contribution in [3.8, 4) is 0 Å². The molecule has 1 aromatic carbocycles. The average Bonchev–Trinajstić information content (AvgIpc) is 2.50. The number of carbonyl (C=O) groups excluding carboxylic acids is 1. The highest BCUT2D eigenvalue weighted by Crippen LogP contribution is 2.25. The number of halogens is 2. The smallest absolute Gasteiger partial charge is 0.228 e. The molecule has 0 bridgehead atoms. The largest absolute Gasteiger partial charge is 0.329 e. The maximum atomic E-state index is 12.2. The van der Waals surface area contributed by atoms with E-state index in [1.807, 2.05) is 24.3 Å². The van der Waals surface area contributed by atoms with E-state index in [9.17, 15) is 4.79 Å². The van der Waals surface area contributed by atoms with E-state index in [2.05, 4.69) is 10.3 Å². The second-order valence-corrected chi connectivity index (χ2v) is 6.47. The number of thiocarbonyl (C=S) groups is 1. The number of nitrogens with zero attached hydrogens (tertiary/aromatic N) is 1. The highest BCUT2D eigenvalue weighted by molar-refractivity contribution is 7.80. The summed E-state index contributed by atoms with van der Waals surface area (Å²) in [6.45, 7) is 0. The number of hydrogen-bond donors (Lipinski definition) is 1. The number of fused-ring (bicyclic) bond motifs is 1. The molecule has 0 fully saturated rings. The fraction of sp³-hybridized carbons (Fsp3) is 0.118. The van der Waals surface area contributed by atoms with Gasteiger partial charge in [-0.3, -0.25) is 4.79 Å². The van der Waals surface area contributed by atoms with Crippen molar-refractivity contribution in [2.45, 2.75) is 12.8 Å². The van der Waals surface area contributed by atoms with Crippen LogP contribution in [0, 0.1) is 0 Å². The summed E-state index contributed by atoms with van der Waals surface area (Å²) < 4.78 is 0. The Hall–Kier alpha value is -1.75. The predicted octanol–water partition coefficient (Wildman–Crippen LogP) is 4.21. The molecule has 1 aromatic heterocycles. The monoisotopic (exact) mass is 362 g/mol. The molecule has 1 aliphatic rings. The van der Waals surface area contributed by atoms with Crippen LogP contribution in [0.25, 0.3) is 6.08 Å². The molecule has 3 rings (SSSR count). The van der Waals surface area contributed by atoms with Crippen molar-refractivity contribution < 1.29 is 4.79 Å². The minimum Gasteiger partial charge on any atom is -0.329 e. The first-order valence-electron chi connectivity index (χ1n) is 6.95. The zero-order valence-corrected chi connectivity index (χ0v) is 14.3. The normalized spacial score (nSPS) is 13.3. The lowest BCUT2D eigenvalue weighted by Gasteiger charge is -2.18. The van der Waals surface area contributed by atoms with E-state index < -0.39 is 0 Å². The van der Waals surface area contributed by atoms with Crippen LogP contribution in [0.4, 0.5) is 0 Å². The van der Waals surface area contributed by atoms with Crippen LogP contribution < -0.4 is 5.32 Å². The maximum absolute atomic E-state index is 12.2. The summed E-state index contributed by atoms with van der Waals surface area (Å²) in [5.74, 6) is -0.127. The Morgan fingerprint density at radius 2 is 2.09 bits per heavy atom. The SMILES string of the molecule is O=C(Cc1ccccc1Cl)NC1=Cc2cnc(Cl)cc2C(=S)C1. The van der Waals surface area contributed by atoms with Crippen LogP contribution in [-0.2, 0) is 11.2 Å². The van der Waals surface area contributed by atoms with Gasteiger partial charge in [0.1, 0.15) is 5.15 Å². The number of rotatable bonds is 3. The molecule has 3 nitrogen and oxygen atoms in total. The molecule has 0 atom stereocenters. The van der Waals surface area contributed by atoms with Crippen molar-refractivity contribution in [3.05, 3.63) is 69.1 Å². The Balaban J connectivity index is 1.76. The highest BCUT2D eigenvalue weighted by Gasteiger charge is 2.18. The topological polar surface area (TPSA) is 42.0 Å². The third-order valence-corrected chi connectivity index (χ3v) is 4.43. The summed E-state index contributed by atoms with van der Waals surface area (Å²) in [6.07, 6.45) is 4.24. The third kappa shape index (κ3) is 3.78. The first kappa shape index (κ1) is 16.1.